The average Bonchev–Trinajstić information content (AvgIpc) is 3.27. The predicted octanol–water partition coefficient (Wildman–Crippen LogP) is 2.05. The van der Waals surface area contributed by atoms with Gasteiger partial charge in [-0.25, -0.2) is 23.0 Å². The Labute approximate surface area is 192 Å². The smallest absolute Gasteiger partial charge is 0.341 e. The molecule has 0 aliphatic carbocycles. The Morgan fingerprint density at radius 3 is 2.65 bits per heavy atom. The van der Waals surface area contributed by atoms with Gasteiger partial charge in [-0.2, -0.15) is 5.10 Å². The van der Waals surface area contributed by atoms with Crippen LogP contribution in [0.4, 0.5) is 18.9 Å². The van der Waals surface area contributed by atoms with E-state index in [4.69, 9.17) is 15.6 Å². The van der Waals surface area contributed by atoms with Gasteiger partial charge >= 0.3 is 5.97 Å². The van der Waals surface area contributed by atoms with Gasteiger partial charge in [0.15, 0.2) is 18.2 Å². The molecule has 2 aromatic rings. The Bertz CT molecular complexity index is 1130. The zero-order valence-corrected chi connectivity index (χ0v) is 17.7. The summed E-state index contributed by atoms with van der Waals surface area (Å²) in [4.78, 5) is 36.0. The third-order valence-corrected chi connectivity index (χ3v) is 4.86. The van der Waals surface area contributed by atoms with Crippen molar-refractivity contribution >= 4 is 29.7 Å². The van der Waals surface area contributed by atoms with Crippen molar-refractivity contribution in [3.63, 3.8) is 0 Å². The summed E-state index contributed by atoms with van der Waals surface area (Å²) >= 11 is 0. The molecule has 1 heterocycles. The lowest BCUT2D eigenvalue weighted by Gasteiger charge is -2.23. The van der Waals surface area contributed by atoms with Crippen LogP contribution in [0.15, 0.2) is 41.5 Å². The second kappa shape index (κ2) is 10.8. The van der Waals surface area contributed by atoms with Gasteiger partial charge in [0.05, 0.1) is 0 Å². The number of hydrogen-bond donors (Lipinski definition) is 3. The molecule has 0 spiro atoms. The number of rotatable bonds is 9. The summed E-state index contributed by atoms with van der Waals surface area (Å²) in [6, 6.07) is 5.24. The summed E-state index contributed by atoms with van der Waals surface area (Å²) in [5.41, 5.74) is 6.04. The summed E-state index contributed by atoms with van der Waals surface area (Å²) in [7, 11) is 0. The normalized spacial score (nSPS) is 15.8. The van der Waals surface area contributed by atoms with E-state index in [0.717, 1.165) is 5.01 Å². The minimum Gasteiger partial charge on any atom is -0.482 e. The highest BCUT2D eigenvalue weighted by atomic mass is 19.2. The van der Waals surface area contributed by atoms with E-state index in [1.54, 1.807) is 12.1 Å². The van der Waals surface area contributed by atoms with E-state index in [1.165, 1.54) is 18.3 Å². The molecule has 1 unspecified atom stereocenters. The molecule has 0 fully saturated rings. The van der Waals surface area contributed by atoms with Gasteiger partial charge in [0.25, 0.3) is 0 Å². The van der Waals surface area contributed by atoms with Crippen molar-refractivity contribution in [3.05, 3.63) is 59.4 Å². The van der Waals surface area contributed by atoms with Crippen LogP contribution in [-0.4, -0.2) is 52.8 Å². The number of carboxylic acid groups (broad SMARTS) is 1. The largest absolute Gasteiger partial charge is 0.482 e. The number of carbonyl (C=O) groups is 3. The van der Waals surface area contributed by atoms with Crippen molar-refractivity contribution < 1.29 is 37.4 Å². The number of nitrogens with one attached hydrogen (secondary N) is 1. The number of ether oxygens (including phenoxy) is 1. The number of halogens is 3. The van der Waals surface area contributed by atoms with Crippen LogP contribution < -0.4 is 15.8 Å². The predicted molar refractivity (Wildman–Crippen MR) is 115 cm³/mol. The third-order valence-electron chi connectivity index (χ3n) is 4.86. The summed E-state index contributed by atoms with van der Waals surface area (Å²) in [6.07, 6.45) is 0.972. The van der Waals surface area contributed by atoms with Crippen LogP contribution in [-0.2, 0) is 20.8 Å². The highest BCUT2D eigenvalue weighted by Crippen LogP contribution is 2.21. The van der Waals surface area contributed by atoms with Crippen molar-refractivity contribution in [2.75, 3.05) is 11.9 Å². The van der Waals surface area contributed by atoms with Crippen LogP contribution in [0.25, 0.3) is 0 Å². The molecule has 180 valence electrons. The van der Waals surface area contributed by atoms with Crippen LogP contribution in [0, 0.1) is 17.5 Å². The van der Waals surface area contributed by atoms with Crippen molar-refractivity contribution in [1.29, 1.82) is 0 Å². The maximum Gasteiger partial charge on any atom is 0.341 e. The molecule has 1 aliphatic rings. The lowest BCUT2D eigenvalue weighted by molar-refractivity contribution is -0.139. The number of carbonyl (C=O) groups excluding carboxylic acids is 2. The van der Waals surface area contributed by atoms with Crippen molar-refractivity contribution in [1.82, 2.24) is 5.01 Å². The highest BCUT2D eigenvalue weighted by molar-refractivity contribution is 5.99. The molecule has 0 aromatic heterocycles. The monoisotopic (exact) mass is 478 g/mol. The minimum atomic E-state index is -1.33. The second-order valence-electron chi connectivity index (χ2n) is 7.51. The molecule has 3 rings (SSSR count). The standard InChI is InChI=1S/C22H21F3N4O5/c23-16-10-18(25)17(24)7-12(16)6-13(26)8-20(30)29-19(4-5-27-29)22(33)28-14-2-1-3-15(9-14)34-11-21(31)32/h1-3,5,7,9-10,13,19H,4,6,8,11,26H2,(H,28,33)(H,31,32)/t13-,19?/m1/s1. The van der Waals surface area contributed by atoms with E-state index in [-0.39, 0.29) is 30.6 Å². The molecule has 0 saturated heterocycles. The van der Waals surface area contributed by atoms with Crippen LogP contribution in [0.1, 0.15) is 18.4 Å². The molecule has 2 aromatic carbocycles. The summed E-state index contributed by atoms with van der Waals surface area (Å²) in [5.74, 6) is -5.63. The molecule has 2 amide bonds. The minimum absolute atomic E-state index is 0.139. The van der Waals surface area contributed by atoms with Crippen molar-refractivity contribution in [2.24, 2.45) is 10.8 Å². The SMILES string of the molecule is N[C@@H](CC(=O)N1N=CCC1C(=O)Nc1cccc(OCC(=O)O)c1)Cc1cc(F)c(F)cc1F. The Hall–Kier alpha value is -3.93. The first-order valence-corrected chi connectivity index (χ1v) is 10.1. The van der Waals surface area contributed by atoms with Gasteiger partial charge in [-0.15, -0.1) is 0 Å². The number of nitrogens with zero attached hydrogens (tertiary/aromatic N) is 2. The molecule has 12 heteroatoms. The zero-order valence-electron chi connectivity index (χ0n) is 17.7. The van der Waals surface area contributed by atoms with Crippen molar-refractivity contribution in [2.45, 2.75) is 31.3 Å². The van der Waals surface area contributed by atoms with Crippen molar-refractivity contribution in [3.8, 4) is 5.75 Å². The fourth-order valence-corrected chi connectivity index (χ4v) is 3.30. The average molecular weight is 478 g/mol. The molecule has 1 aliphatic heterocycles. The highest BCUT2D eigenvalue weighted by Gasteiger charge is 2.33. The first kappa shape index (κ1) is 24.7. The number of anilines is 1. The summed E-state index contributed by atoms with van der Waals surface area (Å²) < 4.78 is 45.4. The first-order valence-electron chi connectivity index (χ1n) is 10.1. The lowest BCUT2D eigenvalue weighted by Crippen LogP contribution is -2.43. The van der Waals surface area contributed by atoms with Gasteiger partial charge in [0.1, 0.15) is 17.6 Å². The van der Waals surface area contributed by atoms with E-state index in [1.807, 2.05) is 0 Å². The molecule has 34 heavy (non-hydrogen) atoms. The van der Waals surface area contributed by atoms with E-state index in [2.05, 4.69) is 10.4 Å². The second-order valence-corrected chi connectivity index (χ2v) is 7.51. The Balaban J connectivity index is 1.60. The molecule has 0 bridgehead atoms. The summed E-state index contributed by atoms with van der Waals surface area (Å²) in [5, 5.41) is 16.2. The van der Waals surface area contributed by atoms with Gasteiger partial charge in [-0.3, -0.25) is 9.59 Å². The molecule has 2 atom stereocenters. The van der Waals surface area contributed by atoms with Crippen LogP contribution in [0.3, 0.4) is 0 Å². The Morgan fingerprint density at radius 2 is 1.91 bits per heavy atom. The topological polar surface area (TPSA) is 134 Å². The Kier molecular flexibility index (Phi) is 7.84. The number of carboxylic acids is 1. The van der Waals surface area contributed by atoms with Crippen LogP contribution in [0.2, 0.25) is 0 Å². The summed E-state index contributed by atoms with van der Waals surface area (Å²) in [6.45, 7) is -0.551. The fourth-order valence-electron chi connectivity index (χ4n) is 3.30. The van der Waals surface area contributed by atoms with E-state index < -0.39 is 53.9 Å². The maximum absolute atomic E-state index is 13.8. The van der Waals surface area contributed by atoms with Gasteiger partial charge in [-0.1, -0.05) is 6.07 Å². The van der Waals surface area contributed by atoms with Crippen LogP contribution >= 0.6 is 0 Å². The number of amides is 2. The first-order chi connectivity index (χ1) is 16.1. The quantitative estimate of drug-likeness (QED) is 0.473. The molecular formula is C22H21F3N4O5. The zero-order chi connectivity index (χ0) is 24.8. The number of hydrogen-bond acceptors (Lipinski definition) is 6. The third kappa shape index (κ3) is 6.32. The van der Waals surface area contributed by atoms with E-state index in [0.29, 0.717) is 17.8 Å². The van der Waals surface area contributed by atoms with E-state index >= 15 is 0 Å². The molecule has 9 nitrogen and oxygen atoms in total. The van der Waals surface area contributed by atoms with Crippen LogP contribution in [0.5, 0.6) is 5.75 Å². The maximum atomic E-state index is 13.8. The van der Waals surface area contributed by atoms with Gasteiger partial charge in [-0.05, 0) is 30.2 Å². The van der Waals surface area contributed by atoms with Gasteiger partial charge in [0.2, 0.25) is 11.8 Å². The van der Waals surface area contributed by atoms with Gasteiger partial charge < -0.3 is 20.9 Å². The van der Waals surface area contributed by atoms with E-state index in [9.17, 15) is 27.6 Å². The number of nitrogens with two attached hydrogens (primary N) is 1. The number of benzene rings is 2. The number of aliphatic carboxylic acids is 1. The lowest BCUT2D eigenvalue weighted by atomic mass is 10.0. The number of hydrazone groups is 1. The molecule has 0 saturated carbocycles. The van der Waals surface area contributed by atoms with Gasteiger partial charge in [0, 0.05) is 42.9 Å². The Morgan fingerprint density at radius 1 is 1.18 bits per heavy atom. The molecular weight excluding hydrogens is 457 g/mol. The molecule has 0 radical (unpaired) electrons. The fraction of sp³-hybridized carbons (Fsp3) is 0.273. The molecule has 4 N–H and O–H groups in total.